The van der Waals surface area contributed by atoms with Gasteiger partial charge in [0, 0.05) is 23.6 Å². The summed E-state index contributed by atoms with van der Waals surface area (Å²) in [6.45, 7) is 0. The highest BCUT2D eigenvalue weighted by Crippen LogP contribution is 2.36. The molecule has 0 amide bonds. The Hall–Kier alpha value is -5.10. The number of benzene rings is 4. The number of furan rings is 2. The summed E-state index contributed by atoms with van der Waals surface area (Å²) in [6, 6.07) is 31.6. The van der Waals surface area contributed by atoms with Crippen LogP contribution in [0.2, 0.25) is 0 Å². The minimum absolute atomic E-state index is 0.0139. The van der Waals surface area contributed by atoms with E-state index in [1.54, 1.807) is 26.7 Å². The number of ether oxygens (including phenoxy) is 2. The maximum Gasteiger partial charge on any atom is 0.147 e. The van der Waals surface area contributed by atoms with E-state index in [0.29, 0.717) is 38.5 Å². The van der Waals surface area contributed by atoms with Crippen LogP contribution in [0.15, 0.2) is 118 Å². The molecule has 6 heteroatoms. The molecule has 6 nitrogen and oxygen atoms in total. The molecule has 47 heavy (non-hydrogen) atoms. The Morgan fingerprint density at radius 3 is 1.36 bits per heavy atom. The van der Waals surface area contributed by atoms with Crippen LogP contribution in [0.25, 0.3) is 21.9 Å². The minimum Gasteiger partial charge on any atom is -0.497 e. The largest absolute Gasteiger partial charge is 0.497 e. The molecule has 2 heterocycles. The average molecular weight is 629 g/mol. The van der Waals surface area contributed by atoms with Gasteiger partial charge < -0.3 is 18.3 Å². The van der Waals surface area contributed by atoms with Crippen molar-refractivity contribution in [1.82, 2.24) is 0 Å². The first-order valence-electron chi connectivity index (χ1n) is 16.2. The maximum absolute atomic E-state index is 14.6. The third kappa shape index (κ3) is 7.49. The second-order valence-corrected chi connectivity index (χ2v) is 12.3. The summed E-state index contributed by atoms with van der Waals surface area (Å²) < 4.78 is 21.8. The lowest BCUT2D eigenvalue weighted by Crippen LogP contribution is -2.43. The van der Waals surface area contributed by atoms with Crippen LogP contribution in [-0.4, -0.2) is 25.8 Å². The number of carbonyl (C=O) groups excluding carboxylic acids is 2. The van der Waals surface area contributed by atoms with Crippen molar-refractivity contribution in [2.24, 2.45) is 5.41 Å². The molecule has 6 aromatic rings. The number of hydrogen-bond donors (Lipinski definition) is 0. The van der Waals surface area contributed by atoms with Crippen LogP contribution < -0.4 is 9.47 Å². The van der Waals surface area contributed by atoms with Gasteiger partial charge in [-0.1, -0.05) is 36.4 Å². The normalized spacial score (nSPS) is 11.6. The fraction of sp³-hybridized carbons (Fsp3) is 0.268. The van der Waals surface area contributed by atoms with Crippen LogP contribution in [0.1, 0.15) is 47.9 Å². The van der Waals surface area contributed by atoms with Gasteiger partial charge in [0.05, 0.1) is 32.2 Å². The summed E-state index contributed by atoms with van der Waals surface area (Å²) in [6.07, 6.45) is 7.34. The van der Waals surface area contributed by atoms with E-state index in [9.17, 15) is 9.59 Å². The van der Waals surface area contributed by atoms with Gasteiger partial charge in [-0.3, -0.25) is 9.59 Å². The zero-order valence-corrected chi connectivity index (χ0v) is 27.0. The summed E-state index contributed by atoms with van der Waals surface area (Å²) >= 11 is 0. The Morgan fingerprint density at radius 1 is 0.553 bits per heavy atom. The standard InChI is InChI=1S/C41H40O6/c1-44-35-15-9-29(10-16-35)5-3-7-39(42)41(27-31-13-19-37-33(25-31)21-23-46-37,28-32-14-20-38-34(26-32)22-24-47-38)40(43)8-4-6-30-11-17-36(45-2)18-12-30/h9-26H,3-8,27-28H2,1-2H3. The van der Waals surface area contributed by atoms with Crippen molar-refractivity contribution in [3.63, 3.8) is 0 Å². The van der Waals surface area contributed by atoms with Crippen molar-refractivity contribution in [2.75, 3.05) is 14.2 Å². The smallest absolute Gasteiger partial charge is 0.147 e. The molecule has 0 fully saturated rings. The van der Waals surface area contributed by atoms with Crippen molar-refractivity contribution in [3.05, 3.63) is 132 Å². The first-order chi connectivity index (χ1) is 23.0. The predicted molar refractivity (Wildman–Crippen MR) is 184 cm³/mol. The topological polar surface area (TPSA) is 78.9 Å². The molecule has 0 unspecified atom stereocenters. The molecule has 0 spiro atoms. The third-order valence-electron chi connectivity index (χ3n) is 9.17. The average Bonchev–Trinajstić information content (AvgIpc) is 3.77. The monoisotopic (exact) mass is 628 g/mol. The van der Waals surface area contributed by atoms with Gasteiger partial charge in [-0.25, -0.2) is 0 Å². The lowest BCUT2D eigenvalue weighted by atomic mass is 9.67. The number of hydrogen-bond acceptors (Lipinski definition) is 6. The second kappa shape index (κ2) is 14.5. The lowest BCUT2D eigenvalue weighted by molar-refractivity contribution is -0.141. The molecule has 0 radical (unpaired) electrons. The number of rotatable bonds is 16. The summed E-state index contributed by atoms with van der Waals surface area (Å²) in [5.41, 5.74) is 4.47. The Kier molecular flexibility index (Phi) is 9.86. The van der Waals surface area contributed by atoms with Gasteiger partial charge >= 0.3 is 0 Å². The molecule has 0 aliphatic rings. The SMILES string of the molecule is COc1ccc(CCCC(=O)C(Cc2ccc3occc3c2)(Cc2ccc3occc3c2)C(=O)CCCc2ccc(OC)cc2)cc1. The van der Waals surface area contributed by atoms with Gasteiger partial charge in [0.15, 0.2) is 0 Å². The molecule has 0 aliphatic heterocycles. The van der Waals surface area contributed by atoms with Crippen LogP contribution in [0.5, 0.6) is 11.5 Å². The van der Waals surface area contributed by atoms with E-state index in [4.69, 9.17) is 18.3 Å². The van der Waals surface area contributed by atoms with Crippen molar-refractivity contribution >= 4 is 33.5 Å². The number of aryl methyl sites for hydroxylation is 2. The molecule has 2 aromatic heterocycles. The molecule has 6 rings (SSSR count). The van der Waals surface area contributed by atoms with Crippen LogP contribution >= 0.6 is 0 Å². The van der Waals surface area contributed by atoms with E-state index in [0.717, 1.165) is 68.5 Å². The first-order valence-corrected chi connectivity index (χ1v) is 16.2. The molecular formula is C41H40O6. The molecule has 0 bridgehead atoms. The van der Waals surface area contributed by atoms with Gasteiger partial charge in [-0.2, -0.15) is 0 Å². The molecule has 4 aromatic carbocycles. The van der Waals surface area contributed by atoms with E-state index in [1.165, 1.54) is 0 Å². The number of Topliss-reactive ketones (excluding diaryl/α,β-unsaturated/α-hetero) is 2. The van der Waals surface area contributed by atoms with Crippen molar-refractivity contribution in [2.45, 2.75) is 51.4 Å². The quantitative estimate of drug-likeness (QED) is 0.0995. The van der Waals surface area contributed by atoms with Crippen LogP contribution in [-0.2, 0) is 35.3 Å². The highest BCUT2D eigenvalue weighted by Gasteiger charge is 2.44. The number of carbonyl (C=O) groups is 2. The Balaban J connectivity index is 1.30. The maximum atomic E-state index is 14.6. The predicted octanol–water partition coefficient (Wildman–Crippen LogP) is 9.15. The van der Waals surface area contributed by atoms with Crippen LogP contribution in [0, 0.1) is 5.41 Å². The van der Waals surface area contributed by atoms with E-state index in [1.807, 2.05) is 97.1 Å². The van der Waals surface area contributed by atoms with Crippen LogP contribution in [0.4, 0.5) is 0 Å². The summed E-state index contributed by atoms with van der Waals surface area (Å²) in [7, 11) is 3.30. The Morgan fingerprint density at radius 2 is 0.957 bits per heavy atom. The Labute approximate surface area is 275 Å². The van der Waals surface area contributed by atoms with Crippen LogP contribution in [0.3, 0.4) is 0 Å². The molecule has 0 saturated heterocycles. The van der Waals surface area contributed by atoms with Crippen molar-refractivity contribution in [1.29, 1.82) is 0 Å². The summed E-state index contributed by atoms with van der Waals surface area (Å²) in [5.74, 6) is 1.57. The molecule has 0 aliphatic carbocycles. The number of ketones is 2. The fourth-order valence-electron chi connectivity index (χ4n) is 6.53. The summed E-state index contributed by atoms with van der Waals surface area (Å²) in [5, 5.41) is 1.91. The third-order valence-corrected chi connectivity index (χ3v) is 9.17. The summed E-state index contributed by atoms with van der Waals surface area (Å²) in [4.78, 5) is 29.3. The first kappa shape index (κ1) is 31.9. The van der Waals surface area contributed by atoms with Gasteiger partial charge in [0.1, 0.15) is 34.2 Å². The number of methoxy groups -OCH3 is 2. The Bertz CT molecular complexity index is 1800. The van der Waals surface area contributed by atoms with E-state index >= 15 is 0 Å². The van der Waals surface area contributed by atoms with E-state index < -0.39 is 5.41 Å². The number of fused-ring (bicyclic) bond motifs is 2. The molecule has 240 valence electrons. The molecule has 0 atom stereocenters. The van der Waals surface area contributed by atoms with E-state index in [-0.39, 0.29) is 11.6 Å². The van der Waals surface area contributed by atoms with Crippen molar-refractivity contribution in [3.8, 4) is 11.5 Å². The molecular weight excluding hydrogens is 588 g/mol. The van der Waals surface area contributed by atoms with Crippen molar-refractivity contribution < 1.29 is 27.9 Å². The fourth-order valence-corrected chi connectivity index (χ4v) is 6.53. The minimum atomic E-state index is -1.23. The zero-order chi connectivity index (χ0) is 32.6. The lowest BCUT2D eigenvalue weighted by Gasteiger charge is -2.32. The second-order valence-electron chi connectivity index (χ2n) is 12.3. The van der Waals surface area contributed by atoms with Gasteiger partial charge in [0.25, 0.3) is 0 Å². The van der Waals surface area contributed by atoms with Gasteiger partial charge in [-0.05, 0) is 121 Å². The zero-order valence-electron chi connectivity index (χ0n) is 27.0. The molecule has 0 N–H and O–H groups in total. The van der Waals surface area contributed by atoms with E-state index in [2.05, 4.69) is 0 Å². The van der Waals surface area contributed by atoms with Gasteiger partial charge in [0.2, 0.25) is 0 Å². The molecule has 0 saturated carbocycles. The highest BCUT2D eigenvalue weighted by molar-refractivity contribution is 6.07. The highest BCUT2D eigenvalue weighted by atomic mass is 16.5. The van der Waals surface area contributed by atoms with Gasteiger partial charge in [-0.15, -0.1) is 0 Å².